The number of aromatic nitrogens is 2. The fourth-order valence-corrected chi connectivity index (χ4v) is 2.56. The van der Waals surface area contributed by atoms with E-state index in [0.717, 1.165) is 29.1 Å². The molecule has 2 rings (SSSR count). The first-order chi connectivity index (χ1) is 9.70. The first-order valence-electron chi connectivity index (χ1n) is 6.62. The third-order valence-corrected chi connectivity index (χ3v) is 3.65. The minimum atomic E-state index is -4.33. The number of rotatable bonds is 3. The summed E-state index contributed by atoms with van der Waals surface area (Å²) in [6.45, 7) is 3.76. The summed E-state index contributed by atoms with van der Waals surface area (Å²) in [7, 11) is 1.82. The van der Waals surface area contributed by atoms with Gasteiger partial charge in [0.1, 0.15) is 0 Å². The lowest BCUT2D eigenvalue weighted by Gasteiger charge is -2.14. The molecule has 0 bridgehead atoms. The van der Waals surface area contributed by atoms with Gasteiger partial charge in [0, 0.05) is 24.3 Å². The lowest BCUT2D eigenvalue weighted by molar-refractivity contribution is -0.137. The lowest BCUT2D eigenvalue weighted by atomic mass is 9.97. The summed E-state index contributed by atoms with van der Waals surface area (Å²) in [5, 5.41) is 4.29. The second-order valence-corrected chi connectivity index (χ2v) is 5.22. The average molecular weight is 297 g/mol. The highest BCUT2D eigenvalue weighted by molar-refractivity contribution is 5.32. The molecule has 0 aliphatic rings. The Morgan fingerprint density at radius 2 is 1.95 bits per heavy atom. The van der Waals surface area contributed by atoms with Crippen LogP contribution in [0, 0.1) is 13.8 Å². The normalized spacial score (nSPS) is 13.5. The summed E-state index contributed by atoms with van der Waals surface area (Å²) in [6, 6.07) is 4.92. The van der Waals surface area contributed by atoms with E-state index in [2.05, 4.69) is 5.10 Å². The largest absolute Gasteiger partial charge is 0.416 e. The third-order valence-electron chi connectivity index (χ3n) is 3.65. The van der Waals surface area contributed by atoms with Gasteiger partial charge in [-0.1, -0.05) is 18.2 Å². The molecule has 3 nitrogen and oxygen atoms in total. The molecule has 1 aromatic carbocycles. The molecule has 0 radical (unpaired) electrons. The summed E-state index contributed by atoms with van der Waals surface area (Å²) >= 11 is 0. The molecule has 0 aliphatic heterocycles. The molecule has 21 heavy (non-hydrogen) atoms. The van der Waals surface area contributed by atoms with Gasteiger partial charge < -0.3 is 5.73 Å². The van der Waals surface area contributed by atoms with Crippen LogP contribution in [0.25, 0.3) is 0 Å². The van der Waals surface area contributed by atoms with Crippen LogP contribution < -0.4 is 5.73 Å². The molecular formula is C15H18F3N3. The Morgan fingerprint density at radius 1 is 1.29 bits per heavy atom. The van der Waals surface area contributed by atoms with Crippen LogP contribution in [0.5, 0.6) is 0 Å². The van der Waals surface area contributed by atoms with Gasteiger partial charge in [0.2, 0.25) is 0 Å². The predicted molar refractivity (Wildman–Crippen MR) is 74.8 cm³/mol. The van der Waals surface area contributed by atoms with Crippen molar-refractivity contribution in [3.8, 4) is 0 Å². The molecule has 1 atom stereocenters. The second-order valence-electron chi connectivity index (χ2n) is 5.22. The Kier molecular flexibility index (Phi) is 4.09. The predicted octanol–water partition coefficient (Wildman–Crippen LogP) is 3.30. The van der Waals surface area contributed by atoms with Gasteiger partial charge >= 0.3 is 6.18 Å². The number of aryl methyl sites for hydroxylation is 2. The van der Waals surface area contributed by atoms with Crippen molar-refractivity contribution in [2.24, 2.45) is 12.8 Å². The minimum Gasteiger partial charge on any atom is -0.324 e. The van der Waals surface area contributed by atoms with Crippen LogP contribution in [0.4, 0.5) is 13.2 Å². The Morgan fingerprint density at radius 3 is 2.48 bits per heavy atom. The zero-order valence-corrected chi connectivity index (χ0v) is 12.2. The highest BCUT2D eigenvalue weighted by Crippen LogP contribution is 2.30. The highest BCUT2D eigenvalue weighted by atomic mass is 19.4. The van der Waals surface area contributed by atoms with Crippen molar-refractivity contribution in [1.29, 1.82) is 0 Å². The summed E-state index contributed by atoms with van der Waals surface area (Å²) in [6.07, 6.45) is -3.99. The van der Waals surface area contributed by atoms with Gasteiger partial charge in [-0.15, -0.1) is 0 Å². The van der Waals surface area contributed by atoms with Crippen molar-refractivity contribution in [2.75, 3.05) is 0 Å². The quantitative estimate of drug-likeness (QED) is 0.944. The van der Waals surface area contributed by atoms with Crippen LogP contribution in [-0.4, -0.2) is 9.78 Å². The van der Waals surface area contributed by atoms with Crippen LogP contribution in [0.1, 0.15) is 34.1 Å². The molecular weight excluding hydrogens is 279 g/mol. The van der Waals surface area contributed by atoms with E-state index in [0.29, 0.717) is 12.0 Å². The molecule has 2 aromatic rings. The van der Waals surface area contributed by atoms with Crippen LogP contribution in [0.2, 0.25) is 0 Å². The van der Waals surface area contributed by atoms with E-state index in [1.54, 1.807) is 10.7 Å². The molecule has 114 valence electrons. The molecule has 0 aliphatic carbocycles. The Labute approximate surface area is 121 Å². The van der Waals surface area contributed by atoms with Crippen LogP contribution in [0.3, 0.4) is 0 Å². The van der Waals surface area contributed by atoms with Gasteiger partial charge in [-0.25, -0.2) is 0 Å². The first-order valence-corrected chi connectivity index (χ1v) is 6.62. The zero-order valence-electron chi connectivity index (χ0n) is 12.2. The molecule has 6 heteroatoms. The number of halogens is 3. The molecule has 0 saturated heterocycles. The molecule has 1 unspecified atom stereocenters. The minimum absolute atomic E-state index is 0.345. The maximum Gasteiger partial charge on any atom is 0.416 e. The number of nitrogens with two attached hydrogens (primary N) is 1. The molecule has 0 fully saturated rings. The summed E-state index contributed by atoms with van der Waals surface area (Å²) in [4.78, 5) is 0. The Balaban J connectivity index is 2.26. The van der Waals surface area contributed by atoms with Gasteiger partial charge in [0.25, 0.3) is 0 Å². The molecule has 0 saturated carbocycles. The fourth-order valence-electron chi connectivity index (χ4n) is 2.56. The van der Waals surface area contributed by atoms with E-state index in [1.807, 2.05) is 20.9 Å². The van der Waals surface area contributed by atoms with E-state index in [4.69, 9.17) is 5.73 Å². The third kappa shape index (κ3) is 3.26. The van der Waals surface area contributed by atoms with E-state index in [-0.39, 0.29) is 6.04 Å². The topological polar surface area (TPSA) is 43.8 Å². The molecule has 0 amide bonds. The fraction of sp³-hybridized carbons (Fsp3) is 0.400. The summed E-state index contributed by atoms with van der Waals surface area (Å²) in [5.41, 5.74) is 8.74. The van der Waals surface area contributed by atoms with Gasteiger partial charge in [0.05, 0.1) is 11.3 Å². The zero-order chi connectivity index (χ0) is 15.8. The first kappa shape index (κ1) is 15.6. The molecule has 1 heterocycles. The molecule has 1 aromatic heterocycles. The van der Waals surface area contributed by atoms with E-state index >= 15 is 0 Å². The number of benzene rings is 1. The summed E-state index contributed by atoms with van der Waals surface area (Å²) in [5.74, 6) is 0. The van der Waals surface area contributed by atoms with E-state index in [1.165, 1.54) is 6.07 Å². The van der Waals surface area contributed by atoms with Crippen LogP contribution >= 0.6 is 0 Å². The van der Waals surface area contributed by atoms with Crippen molar-refractivity contribution in [3.63, 3.8) is 0 Å². The van der Waals surface area contributed by atoms with Crippen molar-refractivity contribution < 1.29 is 13.2 Å². The standard InChI is InChI=1S/C15H18F3N3/c1-9-14(10(2)21(3)20-9)13(19)8-11-5-4-6-12(7-11)15(16,17)18/h4-7,13H,8,19H2,1-3H3. The van der Waals surface area contributed by atoms with Crippen molar-refractivity contribution in [2.45, 2.75) is 32.5 Å². The average Bonchev–Trinajstić information content (AvgIpc) is 2.62. The smallest absolute Gasteiger partial charge is 0.324 e. The number of hydrogen-bond acceptors (Lipinski definition) is 2. The highest BCUT2D eigenvalue weighted by Gasteiger charge is 2.30. The van der Waals surface area contributed by atoms with Crippen molar-refractivity contribution in [3.05, 3.63) is 52.3 Å². The van der Waals surface area contributed by atoms with Gasteiger partial charge in [-0.3, -0.25) is 4.68 Å². The van der Waals surface area contributed by atoms with E-state index in [9.17, 15) is 13.2 Å². The van der Waals surface area contributed by atoms with E-state index < -0.39 is 11.7 Å². The number of nitrogens with zero attached hydrogens (tertiary/aromatic N) is 2. The number of alkyl halides is 3. The Hall–Kier alpha value is -1.82. The van der Waals surface area contributed by atoms with Crippen LogP contribution in [0.15, 0.2) is 24.3 Å². The summed E-state index contributed by atoms with van der Waals surface area (Å²) < 4.78 is 39.9. The van der Waals surface area contributed by atoms with Crippen molar-refractivity contribution in [1.82, 2.24) is 9.78 Å². The van der Waals surface area contributed by atoms with Crippen LogP contribution in [-0.2, 0) is 19.6 Å². The monoisotopic (exact) mass is 297 g/mol. The van der Waals surface area contributed by atoms with Crippen molar-refractivity contribution >= 4 is 0 Å². The number of hydrogen-bond donors (Lipinski definition) is 1. The maximum absolute atomic E-state index is 12.7. The second kappa shape index (κ2) is 5.52. The molecule has 0 spiro atoms. The lowest BCUT2D eigenvalue weighted by Crippen LogP contribution is -2.16. The Bertz CT molecular complexity index is 644. The van der Waals surface area contributed by atoms with Gasteiger partial charge in [-0.2, -0.15) is 18.3 Å². The van der Waals surface area contributed by atoms with Gasteiger partial charge in [0.15, 0.2) is 0 Å². The van der Waals surface area contributed by atoms with Gasteiger partial charge in [-0.05, 0) is 31.9 Å². The SMILES string of the molecule is Cc1nn(C)c(C)c1C(N)Cc1cccc(C(F)(F)F)c1. The molecule has 2 N–H and O–H groups in total. The maximum atomic E-state index is 12.7.